The Morgan fingerprint density at radius 1 is 1.26 bits per heavy atom. The van der Waals surface area contributed by atoms with E-state index < -0.39 is 0 Å². The topological polar surface area (TPSA) is 29.1 Å². The normalized spacial score (nSPS) is 38.1. The van der Waals surface area contributed by atoms with Gasteiger partial charge in [-0.1, -0.05) is 17.7 Å². The van der Waals surface area contributed by atoms with Gasteiger partial charge in [0.1, 0.15) is 0 Å². The van der Waals surface area contributed by atoms with Crippen molar-refractivity contribution in [2.24, 2.45) is 29.6 Å². The van der Waals surface area contributed by atoms with Crippen LogP contribution >= 0.6 is 11.6 Å². The van der Waals surface area contributed by atoms with Crippen molar-refractivity contribution in [1.82, 2.24) is 0 Å². The molecule has 0 spiro atoms. The molecular formula is C16H18ClNO. The summed E-state index contributed by atoms with van der Waals surface area (Å²) < 4.78 is 0. The third kappa shape index (κ3) is 1.73. The monoisotopic (exact) mass is 275 g/mol. The zero-order chi connectivity index (χ0) is 13.1. The fourth-order valence-corrected chi connectivity index (χ4v) is 4.79. The molecule has 100 valence electrons. The maximum absolute atomic E-state index is 12.4. The summed E-state index contributed by atoms with van der Waals surface area (Å²) in [6.07, 6.45) is 4.09. The first kappa shape index (κ1) is 11.8. The van der Waals surface area contributed by atoms with E-state index in [2.05, 4.69) is 5.32 Å². The molecule has 0 heterocycles. The fraction of sp³-hybridized carbons (Fsp3) is 0.562. The van der Waals surface area contributed by atoms with Crippen molar-refractivity contribution >= 4 is 23.2 Å². The second-order valence-corrected chi connectivity index (χ2v) is 6.90. The summed E-state index contributed by atoms with van der Waals surface area (Å²) in [5.41, 5.74) is 1.95. The van der Waals surface area contributed by atoms with Crippen molar-refractivity contribution in [2.75, 3.05) is 5.32 Å². The van der Waals surface area contributed by atoms with E-state index in [1.807, 2.05) is 25.1 Å². The molecule has 3 saturated carbocycles. The number of nitrogens with one attached hydrogen (secondary N) is 1. The Kier molecular flexibility index (Phi) is 2.47. The van der Waals surface area contributed by atoms with Crippen molar-refractivity contribution in [1.29, 1.82) is 0 Å². The van der Waals surface area contributed by atoms with Gasteiger partial charge >= 0.3 is 0 Å². The third-order valence-corrected chi connectivity index (χ3v) is 5.73. The highest BCUT2D eigenvalue weighted by molar-refractivity contribution is 6.31. The minimum Gasteiger partial charge on any atom is -0.326 e. The summed E-state index contributed by atoms with van der Waals surface area (Å²) >= 11 is 6.00. The van der Waals surface area contributed by atoms with Crippen LogP contribution in [0.2, 0.25) is 5.02 Å². The fourth-order valence-electron chi connectivity index (χ4n) is 4.62. The van der Waals surface area contributed by atoms with Gasteiger partial charge in [-0.25, -0.2) is 0 Å². The van der Waals surface area contributed by atoms with Crippen LogP contribution < -0.4 is 5.32 Å². The molecule has 0 aliphatic heterocycles. The van der Waals surface area contributed by atoms with Gasteiger partial charge in [-0.2, -0.15) is 0 Å². The number of amides is 1. The molecule has 0 radical (unpaired) electrons. The Balaban J connectivity index is 1.50. The molecule has 1 aromatic carbocycles. The molecule has 1 unspecified atom stereocenters. The first-order valence-corrected chi connectivity index (χ1v) is 7.60. The number of carbonyl (C=O) groups is 1. The van der Waals surface area contributed by atoms with Crippen LogP contribution in [0.3, 0.4) is 0 Å². The van der Waals surface area contributed by atoms with Gasteiger partial charge in [-0.05, 0) is 67.6 Å². The standard InChI is InChI=1S/C16H18ClNO/c1-8-2-5-11(17)7-12(8)18-16(19)15-13-9-3-4-10(6-9)14(13)15/h2,5,7,9-10,13-15H,3-4,6H2,1H3,(H,18,19)/t9-,10-,13-,14+,15?/m0/s1. The Morgan fingerprint density at radius 3 is 2.63 bits per heavy atom. The SMILES string of the molecule is Cc1ccc(Cl)cc1NC(=O)C1[C@@H]2[C@H]3CC[C@@H](C3)[C@H]12. The molecule has 1 aromatic rings. The van der Waals surface area contributed by atoms with Gasteiger partial charge < -0.3 is 5.32 Å². The third-order valence-electron chi connectivity index (χ3n) is 5.50. The first-order chi connectivity index (χ1) is 9.15. The number of anilines is 1. The second kappa shape index (κ2) is 3.99. The number of rotatable bonds is 2. The van der Waals surface area contributed by atoms with Crippen LogP contribution in [0.15, 0.2) is 18.2 Å². The van der Waals surface area contributed by atoms with Gasteiger partial charge in [0.25, 0.3) is 0 Å². The number of halogens is 1. The van der Waals surface area contributed by atoms with Crippen LogP contribution in [-0.4, -0.2) is 5.91 Å². The Labute approximate surface area is 118 Å². The van der Waals surface area contributed by atoms with E-state index in [0.717, 1.165) is 23.1 Å². The lowest BCUT2D eigenvalue weighted by Crippen LogP contribution is -2.19. The van der Waals surface area contributed by atoms with E-state index in [4.69, 9.17) is 11.6 Å². The van der Waals surface area contributed by atoms with Gasteiger partial charge in [0, 0.05) is 16.6 Å². The van der Waals surface area contributed by atoms with Crippen molar-refractivity contribution in [3.8, 4) is 0 Å². The highest BCUT2D eigenvalue weighted by Crippen LogP contribution is 2.69. The van der Waals surface area contributed by atoms with Crippen LogP contribution in [0.5, 0.6) is 0 Å². The van der Waals surface area contributed by atoms with Crippen molar-refractivity contribution in [3.63, 3.8) is 0 Å². The quantitative estimate of drug-likeness (QED) is 0.872. The summed E-state index contributed by atoms with van der Waals surface area (Å²) in [6.45, 7) is 2.00. The molecule has 5 atom stereocenters. The number of fused-ring (bicyclic) bond motifs is 5. The van der Waals surface area contributed by atoms with Gasteiger partial charge in [0.2, 0.25) is 5.91 Å². The zero-order valence-corrected chi connectivity index (χ0v) is 11.8. The molecule has 19 heavy (non-hydrogen) atoms. The van der Waals surface area contributed by atoms with Gasteiger partial charge in [-0.3, -0.25) is 4.79 Å². The smallest absolute Gasteiger partial charge is 0.228 e. The molecule has 0 saturated heterocycles. The average Bonchev–Trinajstić information content (AvgIpc) is 2.83. The van der Waals surface area contributed by atoms with E-state index >= 15 is 0 Å². The predicted octanol–water partition coefficient (Wildman–Crippen LogP) is 3.88. The summed E-state index contributed by atoms with van der Waals surface area (Å²) in [6, 6.07) is 5.66. The van der Waals surface area contributed by atoms with Crippen molar-refractivity contribution in [2.45, 2.75) is 26.2 Å². The lowest BCUT2D eigenvalue weighted by molar-refractivity contribution is -0.118. The van der Waals surface area contributed by atoms with Gasteiger partial charge in [0.05, 0.1) is 0 Å². The van der Waals surface area contributed by atoms with E-state index in [1.54, 1.807) is 0 Å². The second-order valence-electron chi connectivity index (χ2n) is 6.46. The van der Waals surface area contributed by atoms with Crippen LogP contribution in [0.25, 0.3) is 0 Å². The molecule has 0 aromatic heterocycles. The minimum absolute atomic E-state index is 0.219. The van der Waals surface area contributed by atoms with Crippen LogP contribution in [0.1, 0.15) is 24.8 Å². The van der Waals surface area contributed by atoms with Crippen molar-refractivity contribution < 1.29 is 4.79 Å². The molecular weight excluding hydrogens is 258 g/mol. The van der Waals surface area contributed by atoms with E-state index in [1.165, 1.54) is 19.3 Å². The minimum atomic E-state index is 0.219. The molecule has 3 heteroatoms. The van der Waals surface area contributed by atoms with E-state index in [0.29, 0.717) is 16.9 Å². The molecule has 3 fully saturated rings. The predicted molar refractivity (Wildman–Crippen MR) is 76.1 cm³/mol. The van der Waals surface area contributed by atoms with Crippen LogP contribution in [0.4, 0.5) is 5.69 Å². The Bertz CT molecular complexity index is 540. The summed E-state index contributed by atoms with van der Waals surface area (Å²) in [4.78, 5) is 12.4. The van der Waals surface area contributed by atoms with Crippen molar-refractivity contribution in [3.05, 3.63) is 28.8 Å². The lowest BCUT2D eigenvalue weighted by atomic mass is 10.0. The number of hydrogen-bond acceptors (Lipinski definition) is 1. The van der Waals surface area contributed by atoms with E-state index in [-0.39, 0.29) is 11.8 Å². The highest BCUT2D eigenvalue weighted by atomic mass is 35.5. The number of aryl methyl sites for hydroxylation is 1. The number of benzene rings is 1. The maximum atomic E-state index is 12.4. The maximum Gasteiger partial charge on any atom is 0.228 e. The molecule has 2 nitrogen and oxygen atoms in total. The van der Waals surface area contributed by atoms with E-state index in [9.17, 15) is 4.79 Å². The lowest BCUT2D eigenvalue weighted by Gasteiger charge is -2.11. The largest absolute Gasteiger partial charge is 0.326 e. The van der Waals surface area contributed by atoms with Gasteiger partial charge in [-0.15, -0.1) is 0 Å². The Hall–Kier alpha value is -1.02. The van der Waals surface area contributed by atoms with Crippen LogP contribution in [0, 0.1) is 36.5 Å². The highest BCUT2D eigenvalue weighted by Gasteiger charge is 2.67. The molecule has 1 amide bonds. The molecule has 2 bridgehead atoms. The summed E-state index contributed by atoms with van der Waals surface area (Å²) in [7, 11) is 0. The first-order valence-electron chi connectivity index (χ1n) is 7.22. The number of hydrogen-bond donors (Lipinski definition) is 1. The summed E-state index contributed by atoms with van der Waals surface area (Å²) in [5.74, 6) is 3.57. The Morgan fingerprint density at radius 2 is 1.95 bits per heavy atom. The zero-order valence-electron chi connectivity index (χ0n) is 11.0. The molecule has 3 aliphatic rings. The molecule has 3 aliphatic carbocycles. The van der Waals surface area contributed by atoms with Gasteiger partial charge in [0.15, 0.2) is 0 Å². The van der Waals surface area contributed by atoms with Crippen LogP contribution in [-0.2, 0) is 4.79 Å². The number of carbonyl (C=O) groups excluding carboxylic acids is 1. The molecule has 1 N–H and O–H groups in total. The average molecular weight is 276 g/mol. The molecule has 4 rings (SSSR count). The summed E-state index contributed by atoms with van der Waals surface area (Å²) in [5, 5.41) is 3.76.